The summed E-state index contributed by atoms with van der Waals surface area (Å²) in [5, 5.41) is -0.381. The Kier molecular flexibility index (Phi) is 2.73. The number of ether oxygens (including phenoxy) is 1. The van der Waals surface area contributed by atoms with Crippen molar-refractivity contribution in [1.82, 2.24) is 4.90 Å². The van der Waals surface area contributed by atoms with Gasteiger partial charge in [-0.05, 0) is 25.4 Å². The fraction of sp³-hybridized carbons (Fsp3) is 0.857. The van der Waals surface area contributed by atoms with Crippen molar-refractivity contribution < 1.29 is 9.53 Å². The third-order valence-electron chi connectivity index (χ3n) is 1.87. The van der Waals surface area contributed by atoms with E-state index in [9.17, 15) is 4.79 Å². The van der Waals surface area contributed by atoms with Gasteiger partial charge in [-0.1, -0.05) is 0 Å². The Bertz CT molecular complexity index is 153. The molecule has 1 aliphatic rings. The Labute approximate surface area is 71.3 Å². The number of morpholine rings is 1. The van der Waals surface area contributed by atoms with Crippen LogP contribution >= 0.6 is 11.6 Å². The molecule has 0 N–H and O–H groups in total. The van der Waals surface area contributed by atoms with Crippen LogP contribution < -0.4 is 0 Å². The third-order valence-corrected chi connectivity index (χ3v) is 2.07. The average molecular weight is 178 g/mol. The molecule has 1 fully saturated rings. The average Bonchev–Trinajstić information content (AvgIpc) is 1.85. The quantitative estimate of drug-likeness (QED) is 0.414. The van der Waals surface area contributed by atoms with E-state index in [0.29, 0.717) is 13.2 Å². The van der Waals surface area contributed by atoms with E-state index in [2.05, 4.69) is 0 Å². The largest absolute Gasteiger partial charge is 0.377 e. The molecule has 2 atom stereocenters. The first-order chi connectivity index (χ1) is 5.13. The molecule has 1 heterocycles. The van der Waals surface area contributed by atoms with Gasteiger partial charge in [0.15, 0.2) is 0 Å². The maximum absolute atomic E-state index is 10.9. The second kappa shape index (κ2) is 3.41. The predicted octanol–water partition coefficient (Wildman–Crippen LogP) is 1.45. The Balaban J connectivity index is 2.62. The van der Waals surface area contributed by atoms with Crippen LogP contribution in [-0.2, 0) is 4.74 Å². The van der Waals surface area contributed by atoms with E-state index in [1.54, 1.807) is 4.90 Å². The smallest absolute Gasteiger partial charge is 0.317 e. The van der Waals surface area contributed by atoms with Crippen LogP contribution in [0.15, 0.2) is 0 Å². The number of amides is 1. The molecule has 1 rings (SSSR count). The molecule has 64 valence electrons. The van der Waals surface area contributed by atoms with Gasteiger partial charge in [0.05, 0.1) is 25.3 Å². The monoisotopic (exact) mass is 177 g/mol. The number of rotatable bonds is 0. The fourth-order valence-electron chi connectivity index (χ4n) is 1.35. The highest BCUT2D eigenvalue weighted by Crippen LogP contribution is 2.14. The summed E-state index contributed by atoms with van der Waals surface area (Å²) in [7, 11) is 0. The summed E-state index contributed by atoms with van der Waals surface area (Å²) in [5.74, 6) is 0. The van der Waals surface area contributed by atoms with Crippen LogP contribution in [0.3, 0.4) is 0 Å². The molecule has 1 aliphatic heterocycles. The lowest BCUT2D eigenvalue weighted by molar-refractivity contribution is -0.00863. The number of carbonyl (C=O) groups is 1. The van der Waals surface area contributed by atoms with Crippen LogP contribution in [0, 0.1) is 0 Å². The lowest BCUT2D eigenvalue weighted by Gasteiger charge is -2.36. The van der Waals surface area contributed by atoms with Gasteiger partial charge in [-0.2, -0.15) is 0 Å². The molecular weight excluding hydrogens is 166 g/mol. The van der Waals surface area contributed by atoms with E-state index < -0.39 is 0 Å². The van der Waals surface area contributed by atoms with Crippen molar-refractivity contribution in [3.05, 3.63) is 0 Å². The summed E-state index contributed by atoms with van der Waals surface area (Å²) < 4.78 is 5.22. The van der Waals surface area contributed by atoms with Crippen LogP contribution in [0.1, 0.15) is 13.8 Å². The Hall–Kier alpha value is -0.280. The van der Waals surface area contributed by atoms with E-state index >= 15 is 0 Å². The highest BCUT2D eigenvalue weighted by atomic mass is 35.5. The van der Waals surface area contributed by atoms with E-state index in [4.69, 9.17) is 16.3 Å². The first-order valence-electron chi connectivity index (χ1n) is 3.68. The number of hydrogen-bond donors (Lipinski definition) is 0. The predicted molar refractivity (Wildman–Crippen MR) is 42.8 cm³/mol. The normalized spacial score (nSPS) is 32.1. The van der Waals surface area contributed by atoms with Gasteiger partial charge in [0, 0.05) is 0 Å². The zero-order valence-corrected chi connectivity index (χ0v) is 7.47. The minimum Gasteiger partial charge on any atom is -0.377 e. The van der Waals surface area contributed by atoms with Crippen LogP contribution in [-0.4, -0.2) is 35.6 Å². The zero-order chi connectivity index (χ0) is 8.43. The molecule has 0 aromatic carbocycles. The second-order valence-corrected chi connectivity index (χ2v) is 3.22. The molecule has 0 bridgehead atoms. The minimum absolute atomic E-state index is 0.101. The summed E-state index contributed by atoms with van der Waals surface area (Å²) >= 11 is 5.38. The molecule has 0 aromatic rings. The van der Waals surface area contributed by atoms with Gasteiger partial charge < -0.3 is 9.64 Å². The van der Waals surface area contributed by atoms with Crippen molar-refractivity contribution in [3.63, 3.8) is 0 Å². The van der Waals surface area contributed by atoms with Gasteiger partial charge >= 0.3 is 5.37 Å². The van der Waals surface area contributed by atoms with Gasteiger partial charge in [0.1, 0.15) is 0 Å². The molecular formula is C7H12ClNO2. The van der Waals surface area contributed by atoms with Crippen molar-refractivity contribution in [2.24, 2.45) is 0 Å². The Morgan fingerprint density at radius 1 is 1.45 bits per heavy atom. The standard InChI is InChI=1S/C7H12ClNO2/c1-5-3-11-4-6(2)9(5)7(8)10/h5-6H,3-4H2,1-2H3. The van der Waals surface area contributed by atoms with Crippen molar-refractivity contribution in [2.45, 2.75) is 25.9 Å². The van der Waals surface area contributed by atoms with Crippen LogP contribution in [0.5, 0.6) is 0 Å². The molecule has 0 radical (unpaired) electrons. The van der Waals surface area contributed by atoms with Crippen LogP contribution in [0.4, 0.5) is 4.79 Å². The highest BCUT2D eigenvalue weighted by molar-refractivity contribution is 6.62. The summed E-state index contributed by atoms with van der Waals surface area (Å²) in [6.07, 6.45) is 0. The molecule has 3 nitrogen and oxygen atoms in total. The van der Waals surface area contributed by atoms with Gasteiger partial charge in [-0.15, -0.1) is 0 Å². The number of halogens is 1. The number of carbonyl (C=O) groups excluding carboxylic acids is 1. The van der Waals surface area contributed by atoms with Gasteiger partial charge in [-0.3, -0.25) is 4.79 Å². The molecule has 11 heavy (non-hydrogen) atoms. The first-order valence-corrected chi connectivity index (χ1v) is 4.06. The molecule has 0 aliphatic carbocycles. The third kappa shape index (κ3) is 1.84. The zero-order valence-electron chi connectivity index (χ0n) is 6.71. The van der Waals surface area contributed by atoms with Crippen molar-refractivity contribution in [1.29, 1.82) is 0 Å². The maximum atomic E-state index is 10.9. The summed E-state index contributed by atoms with van der Waals surface area (Å²) in [6, 6.07) is 0.201. The van der Waals surface area contributed by atoms with Crippen LogP contribution in [0.25, 0.3) is 0 Å². The van der Waals surface area contributed by atoms with E-state index in [-0.39, 0.29) is 17.5 Å². The molecule has 2 unspecified atom stereocenters. The molecule has 0 saturated carbocycles. The topological polar surface area (TPSA) is 29.5 Å². The fourth-order valence-corrected chi connectivity index (χ4v) is 1.68. The van der Waals surface area contributed by atoms with E-state index in [1.807, 2.05) is 13.8 Å². The van der Waals surface area contributed by atoms with Crippen molar-refractivity contribution >= 4 is 17.0 Å². The Morgan fingerprint density at radius 2 is 1.91 bits per heavy atom. The molecule has 0 spiro atoms. The molecule has 0 aromatic heterocycles. The lowest BCUT2D eigenvalue weighted by atomic mass is 10.2. The lowest BCUT2D eigenvalue weighted by Crippen LogP contribution is -2.50. The summed E-state index contributed by atoms with van der Waals surface area (Å²) in [5.41, 5.74) is 0. The van der Waals surface area contributed by atoms with E-state index in [1.165, 1.54) is 0 Å². The minimum atomic E-state index is -0.381. The van der Waals surface area contributed by atoms with Gasteiger partial charge in [-0.25, -0.2) is 0 Å². The van der Waals surface area contributed by atoms with Crippen LogP contribution in [0.2, 0.25) is 0 Å². The van der Waals surface area contributed by atoms with Crippen molar-refractivity contribution in [3.8, 4) is 0 Å². The SMILES string of the molecule is CC1COCC(C)N1C(=O)Cl. The number of hydrogen-bond acceptors (Lipinski definition) is 2. The highest BCUT2D eigenvalue weighted by Gasteiger charge is 2.28. The first kappa shape index (κ1) is 8.81. The Morgan fingerprint density at radius 3 is 2.18 bits per heavy atom. The molecule has 1 amide bonds. The number of nitrogens with zero attached hydrogens (tertiary/aromatic N) is 1. The molecule has 1 saturated heterocycles. The van der Waals surface area contributed by atoms with Crippen molar-refractivity contribution in [2.75, 3.05) is 13.2 Å². The van der Waals surface area contributed by atoms with E-state index in [0.717, 1.165) is 0 Å². The maximum Gasteiger partial charge on any atom is 0.317 e. The van der Waals surface area contributed by atoms with Gasteiger partial charge in [0.2, 0.25) is 0 Å². The summed E-state index contributed by atoms with van der Waals surface area (Å²) in [6.45, 7) is 5.03. The molecule has 4 heteroatoms. The van der Waals surface area contributed by atoms with Gasteiger partial charge in [0.25, 0.3) is 0 Å². The second-order valence-electron chi connectivity index (χ2n) is 2.90. The summed E-state index contributed by atoms with van der Waals surface area (Å²) in [4.78, 5) is 12.5.